The minimum Gasteiger partial charge on any atom is -0.748 e. The van der Waals surface area contributed by atoms with Crippen LogP contribution in [-0.4, -0.2) is 90.5 Å². The summed E-state index contributed by atoms with van der Waals surface area (Å²) in [6.07, 6.45) is -0.0945. The molecule has 35 heavy (non-hydrogen) atoms. The van der Waals surface area contributed by atoms with E-state index in [9.17, 15) is 41.7 Å². The Hall–Kier alpha value is -2.33. The molecule has 0 radical (unpaired) electrons. The zero-order valence-corrected chi connectivity index (χ0v) is 22.2. The van der Waals surface area contributed by atoms with Gasteiger partial charge in [-0.1, -0.05) is 12.7 Å². The van der Waals surface area contributed by atoms with E-state index in [4.69, 9.17) is 9.57 Å². The molecule has 0 aliphatic carbocycles. The topological polar surface area (TPSA) is 197 Å². The number of hydrogen-bond donors (Lipinski definition) is 1. The molecule has 0 aromatic carbocycles. The SMILES string of the molecule is C=CCOC(=O)CCN(CCC(=O)ON1C(=O)CCC1=O)C(=O)CCC(=O)NCCS(=O)(=O)[O-].[Na+]. The fourth-order valence-corrected chi connectivity index (χ4v) is 2.98. The molecule has 14 nitrogen and oxygen atoms in total. The Kier molecular flexibility index (Phi) is 15.3. The molecule has 0 saturated carbocycles. The molecule has 190 valence electrons. The number of carbonyl (C=O) groups excluding carboxylic acids is 6. The molecule has 1 fully saturated rings. The summed E-state index contributed by atoms with van der Waals surface area (Å²) in [7, 11) is -4.50. The summed E-state index contributed by atoms with van der Waals surface area (Å²) in [6, 6.07) is 0. The number of hydroxylamine groups is 2. The van der Waals surface area contributed by atoms with Gasteiger partial charge in [0.15, 0.2) is 0 Å². The van der Waals surface area contributed by atoms with E-state index in [0.717, 1.165) is 4.90 Å². The van der Waals surface area contributed by atoms with Crippen LogP contribution in [0.4, 0.5) is 0 Å². The van der Waals surface area contributed by atoms with Crippen LogP contribution < -0.4 is 34.9 Å². The first-order chi connectivity index (χ1) is 15.9. The van der Waals surface area contributed by atoms with Crippen molar-refractivity contribution in [1.82, 2.24) is 15.3 Å². The predicted octanol–water partition coefficient (Wildman–Crippen LogP) is -4.62. The van der Waals surface area contributed by atoms with E-state index in [0.29, 0.717) is 5.06 Å². The van der Waals surface area contributed by atoms with E-state index in [-0.39, 0.29) is 81.4 Å². The van der Waals surface area contributed by atoms with E-state index in [1.54, 1.807) is 0 Å². The molecule has 1 saturated heterocycles. The number of rotatable bonds is 15. The fourth-order valence-electron chi connectivity index (χ4n) is 2.63. The minimum absolute atomic E-state index is 0. The van der Waals surface area contributed by atoms with Crippen molar-refractivity contribution in [1.29, 1.82) is 0 Å². The number of ether oxygens (including phenoxy) is 1. The Bertz CT molecular complexity index is 907. The van der Waals surface area contributed by atoms with Gasteiger partial charge in [0.2, 0.25) is 11.8 Å². The molecule has 1 rings (SSSR count). The van der Waals surface area contributed by atoms with E-state index in [1.165, 1.54) is 6.08 Å². The van der Waals surface area contributed by atoms with Crippen molar-refractivity contribution in [2.75, 3.05) is 32.0 Å². The van der Waals surface area contributed by atoms with Gasteiger partial charge in [-0.25, -0.2) is 13.2 Å². The van der Waals surface area contributed by atoms with Crippen molar-refractivity contribution in [2.45, 2.75) is 38.5 Å². The Morgan fingerprint density at radius 2 is 1.60 bits per heavy atom. The van der Waals surface area contributed by atoms with Gasteiger partial charge in [0.05, 0.1) is 28.7 Å². The molecule has 16 heteroatoms. The van der Waals surface area contributed by atoms with Crippen molar-refractivity contribution in [3.63, 3.8) is 0 Å². The maximum absolute atomic E-state index is 12.5. The number of nitrogens with zero attached hydrogens (tertiary/aromatic N) is 2. The average molecular weight is 527 g/mol. The van der Waals surface area contributed by atoms with E-state index >= 15 is 0 Å². The van der Waals surface area contributed by atoms with Gasteiger partial charge >= 0.3 is 41.5 Å². The number of nitrogens with one attached hydrogen (secondary N) is 1. The van der Waals surface area contributed by atoms with Crippen LogP contribution in [0.3, 0.4) is 0 Å². The van der Waals surface area contributed by atoms with Crippen molar-refractivity contribution < 1.29 is 80.9 Å². The zero-order chi connectivity index (χ0) is 25.7. The first kappa shape index (κ1) is 32.7. The van der Waals surface area contributed by atoms with Crippen molar-refractivity contribution >= 4 is 45.7 Å². The van der Waals surface area contributed by atoms with Crippen LogP contribution in [-0.2, 0) is 48.5 Å². The van der Waals surface area contributed by atoms with Gasteiger partial charge in [-0.3, -0.25) is 24.0 Å². The molecule has 0 bridgehead atoms. The van der Waals surface area contributed by atoms with Crippen molar-refractivity contribution in [3.05, 3.63) is 12.7 Å². The number of carbonyl (C=O) groups is 6. The number of imide groups is 1. The number of esters is 1. The summed E-state index contributed by atoms with van der Waals surface area (Å²) < 4.78 is 36.5. The first-order valence-electron chi connectivity index (χ1n) is 10.2. The molecule has 0 atom stereocenters. The van der Waals surface area contributed by atoms with Crippen molar-refractivity contribution in [3.8, 4) is 0 Å². The molecular formula is C19H26N3NaO11S. The quantitative estimate of drug-likeness (QED) is 0.0707. The fraction of sp³-hybridized carbons (Fsp3) is 0.579. The van der Waals surface area contributed by atoms with Gasteiger partial charge in [-0.2, -0.15) is 0 Å². The van der Waals surface area contributed by atoms with Crippen LogP contribution in [0, 0.1) is 0 Å². The molecule has 0 unspecified atom stereocenters. The molecule has 0 spiro atoms. The summed E-state index contributed by atoms with van der Waals surface area (Å²) in [6.45, 7) is 2.57. The molecule has 1 heterocycles. The third-order valence-electron chi connectivity index (χ3n) is 4.33. The smallest absolute Gasteiger partial charge is 0.748 e. The second-order valence-corrected chi connectivity index (χ2v) is 8.53. The normalized spacial score (nSPS) is 13.0. The van der Waals surface area contributed by atoms with Crippen LogP contribution in [0.5, 0.6) is 0 Å². The van der Waals surface area contributed by atoms with Crippen LogP contribution in [0.2, 0.25) is 0 Å². The second kappa shape index (κ2) is 16.4. The third kappa shape index (κ3) is 14.0. The summed E-state index contributed by atoms with van der Waals surface area (Å²) in [5, 5.41) is 2.56. The van der Waals surface area contributed by atoms with Gasteiger partial charge in [0.1, 0.15) is 6.61 Å². The predicted molar refractivity (Wildman–Crippen MR) is 111 cm³/mol. The third-order valence-corrected chi connectivity index (χ3v) is 5.03. The van der Waals surface area contributed by atoms with E-state index in [2.05, 4.69) is 11.9 Å². The monoisotopic (exact) mass is 527 g/mol. The minimum atomic E-state index is -4.50. The van der Waals surface area contributed by atoms with Crippen LogP contribution in [0.25, 0.3) is 0 Å². The maximum Gasteiger partial charge on any atom is 1.00 e. The molecule has 1 N–H and O–H groups in total. The second-order valence-electron chi connectivity index (χ2n) is 7.01. The van der Waals surface area contributed by atoms with Gasteiger partial charge in [-0.05, 0) is 0 Å². The van der Waals surface area contributed by atoms with Crippen LogP contribution in [0.1, 0.15) is 38.5 Å². The van der Waals surface area contributed by atoms with E-state index in [1.807, 2.05) is 0 Å². The summed E-state index contributed by atoms with van der Waals surface area (Å²) in [5.74, 6) is -4.98. The standard InChI is InChI=1S/C19H27N3O11S.Na/c1-2-12-32-18(27)7-10-21(11-8-19(28)33-22-16(25)5-6-17(22)26)15(24)4-3-14(23)20-9-13-34(29,30)31;/h2H,1,3-13H2,(H,20,23)(H,29,30,31);/q;+1/p-1. The Morgan fingerprint density at radius 1 is 1.03 bits per heavy atom. The van der Waals surface area contributed by atoms with Crippen molar-refractivity contribution in [2.24, 2.45) is 0 Å². The van der Waals surface area contributed by atoms with E-state index < -0.39 is 64.4 Å². The number of hydrogen-bond acceptors (Lipinski definition) is 11. The molecule has 0 aromatic rings. The Balaban J connectivity index is 0.0000116. The zero-order valence-electron chi connectivity index (χ0n) is 19.4. The molecule has 0 aromatic heterocycles. The van der Waals surface area contributed by atoms with Gasteiger partial charge in [-0.15, -0.1) is 5.06 Å². The summed E-state index contributed by atoms with van der Waals surface area (Å²) >= 11 is 0. The average Bonchev–Trinajstić information content (AvgIpc) is 3.07. The molecular weight excluding hydrogens is 501 g/mol. The van der Waals surface area contributed by atoms with Gasteiger partial charge in [0.25, 0.3) is 11.8 Å². The summed E-state index contributed by atoms with van der Waals surface area (Å²) in [5.41, 5.74) is 0. The number of amides is 4. The largest absolute Gasteiger partial charge is 1.00 e. The van der Waals surface area contributed by atoms with Gasteiger partial charge < -0.3 is 24.3 Å². The van der Waals surface area contributed by atoms with Gasteiger partial charge in [0, 0.05) is 45.3 Å². The molecule has 1 aliphatic heterocycles. The Labute approximate surface area is 224 Å². The molecule has 1 aliphatic rings. The maximum atomic E-state index is 12.5. The summed E-state index contributed by atoms with van der Waals surface area (Å²) in [4.78, 5) is 76.9. The van der Waals surface area contributed by atoms with Crippen LogP contribution >= 0.6 is 0 Å². The van der Waals surface area contributed by atoms with Crippen LogP contribution in [0.15, 0.2) is 12.7 Å². The Morgan fingerprint density at radius 3 is 2.14 bits per heavy atom. The molecule has 4 amide bonds. The first-order valence-corrected chi connectivity index (χ1v) is 11.8.